The van der Waals surface area contributed by atoms with Crippen LogP contribution in [-0.4, -0.2) is 56.8 Å². The molecule has 7 nitrogen and oxygen atoms in total. The largest absolute Gasteiger partial charge is 0.333 e. The molecule has 4 heterocycles. The predicted molar refractivity (Wildman–Crippen MR) is 101 cm³/mol. The molecule has 1 aliphatic carbocycles. The van der Waals surface area contributed by atoms with Gasteiger partial charge in [-0.25, -0.2) is 4.98 Å². The number of pyridine rings is 1. The van der Waals surface area contributed by atoms with E-state index in [1.165, 1.54) is 18.3 Å². The fourth-order valence-corrected chi connectivity index (χ4v) is 5.79. The molecule has 8 heteroatoms. The van der Waals surface area contributed by atoms with Gasteiger partial charge in [0.2, 0.25) is 11.9 Å². The number of piperidine rings is 2. The first-order valence-electron chi connectivity index (χ1n) is 10.4. The minimum absolute atomic E-state index is 0.00429. The number of nitrogens with two attached hydrogens (primary N) is 1. The van der Waals surface area contributed by atoms with E-state index in [9.17, 15) is 19.2 Å². The molecule has 29 heavy (non-hydrogen) atoms. The summed E-state index contributed by atoms with van der Waals surface area (Å²) in [5.41, 5.74) is 6.72. The number of nitriles is 1. The van der Waals surface area contributed by atoms with Crippen LogP contribution in [0, 0.1) is 29.1 Å². The number of aromatic nitrogens is 1. The summed E-state index contributed by atoms with van der Waals surface area (Å²) in [4.78, 5) is 33.1. The Morgan fingerprint density at radius 1 is 1.21 bits per heavy atom. The zero-order valence-electron chi connectivity index (χ0n) is 16.1. The molecule has 2 amide bonds. The number of rotatable bonds is 3. The SMILES string of the molecule is N#CC1CC2CC2N1C(=O)C(N)C1CC2CCC(C1)N2C(=O)c1ccnc(F)c1. The Kier molecular flexibility index (Phi) is 4.32. The quantitative estimate of drug-likeness (QED) is 0.778. The van der Waals surface area contributed by atoms with Crippen LogP contribution in [0.25, 0.3) is 0 Å². The molecule has 0 spiro atoms. The molecule has 152 valence electrons. The van der Waals surface area contributed by atoms with Crippen LogP contribution < -0.4 is 5.73 Å². The number of carbonyl (C=O) groups excluding carboxylic acids is 2. The summed E-state index contributed by atoms with van der Waals surface area (Å²) < 4.78 is 13.4. The topological polar surface area (TPSA) is 103 Å². The van der Waals surface area contributed by atoms with E-state index >= 15 is 0 Å². The van der Waals surface area contributed by atoms with E-state index in [0.29, 0.717) is 24.3 Å². The Bertz CT molecular complexity index is 887. The molecule has 2 N–H and O–H groups in total. The van der Waals surface area contributed by atoms with Gasteiger partial charge in [0.1, 0.15) is 6.04 Å². The highest BCUT2D eigenvalue weighted by molar-refractivity contribution is 5.95. The van der Waals surface area contributed by atoms with Crippen molar-refractivity contribution >= 4 is 11.8 Å². The third-order valence-electron chi connectivity index (χ3n) is 7.28. The maximum absolute atomic E-state index is 13.4. The fraction of sp³-hybridized carbons (Fsp3) is 0.619. The summed E-state index contributed by atoms with van der Waals surface area (Å²) in [5, 5.41) is 9.37. The maximum Gasteiger partial charge on any atom is 0.254 e. The molecule has 1 aromatic heterocycles. The van der Waals surface area contributed by atoms with Gasteiger partial charge in [0.15, 0.2) is 0 Å². The highest BCUT2D eigenvalue weighted by Crippen LogP contribution is 2.48. The molecule has 6 atom stereocenters. The third-order valence-corrected chi connectivity index (χ3v) is 7.28. The number of hydrogen-bond acceptors (Lipinski definition) is 5. The molecule has 1 aromatic rings. The first kappa shape index (κ1) is 18.5. The van der Waals surface area contributed by atoms with Crippen LogP contribution in [0.15, 0.2) is 18.3 Å². The molecule has 2 bridgehead atoms. The minimum atomic E-state index is -0.665. The summed E-state index contributed by atoms with van der Waals surface area (Å²) in [6.07, 6.45) is 6.13. The van der Waals surface area contributed by atoms with Gasteiger partial charge in [-0.05, 0) is 56.4 Å². The van der Waals surface area contributed by atoms with Crippen LogP contribution in [0.5, 0.6) is 0 Å². The lowest BCUT2D eigenvalue weighted by Crippen LogP contribution is -2.55. The number of likely N-dealkylation sites (tertiary alicyclic amines) is 1. The summed E-state index contributed by atoms with van der Waals surface area (Å²) in [6.45, 7) is 0. The molecule has 4 fully saturated rings. The van der Waals surface area contributed by atoms with Crippen molar-refractivity contribution in [2.75, 3.05) is 0 Å². The molecule has 3 saturated heterocycles. The number of nitrogens with zero attached hydrogens (tertiary/aromatic N) is 4. The van der Waals surface area contributed by atoms with Crippen molar-refractivity contribution in [3.63, 3.8) is 0 Å². The highest BCUT2D eigenvalue weighted by Gasteiger charge is 2.56. The minimum Gasteiger partial charge on any atom is -0.333 e. The molecule has 4 aliphatic rings. The molecule has 1 saturated carbocycles. The fourth-order valence-electron chi connectivity index (χ4n) is 5.79. The standard InChI is InChI=1S/C21H24FN5O2/c22-18-9-11(3-4-25-18)20(28)26-14-1-2-15(26)7-13(6-14)19(24)21(29)27-16(10-23)5-12-8-17(12)27/h3-4,9,12-17,19H,1-2,5-8,24H2. The maximum atomic E-state index is 13.4. The molecule has 6 unspecified atom stereocenters. The predicted octanol–water partition coefficient (Wildman–Crippen LogP) is 1.44. The summed E-state index contributed by atoms with van der Waals surface area (Å²) >= 11 is 0. The molecule has 0 radical (unpaired) electrons. The second-order valence-corrected chi connectivity index (χ2v) is 8.91. The van der Waals surface area contributed by atoms with Crippen LogP contribution in [0.1, 0.15) is 48.9 Å². The van der Waals surface area contributed by atoms with Gasteiger partial charge in [-0.2, -0.15) is 9.65 Å². The molecular formula is C21H24FN5O2. The summed E-state index contributed by atoms with van der Waals surface area (Å²) in [5.74, 6) is -0.492. The number of hydrogen-bond donors (Lipinski definition) is 1. The molecule has 5 rings (SSSR count). The van der Waals surface area contributed by atoms with Gasteiger partial charge in [0, 0.05) is 36.0 Å². The Hall–Kier alpha value is -2.53. The Balaban J connectivity index is 1.29. The molecule has 0 aromatic carbocycles. The number of fused-ring (bicyclic) bond motifs is 3. The van der Waals surface area contributed by atoms with Crippen molar-refractivity contribution in [2.45, 2.75) is 68.7 Å². The Morgan fingerprint density at radius 3 is 2.59 bits per heavy atom. The first-order valence-corrected chi connectivity index (χ1v) is 10.4. The second kappa shape index (κ2) is 6.77. The van der Waals surface area contributed by atoms with Gasteiger partial charge >= 0.3 is 0 Å². The lowest BCUT2D eigenvalue weighted by molar-refractivity contribution is -0.135. The van der Waals surface area contributed by atoms with E-state index in [0.717, 1.165) is 25.7 Å². The summed E-state index contributed by atoms with van der Waals surface area (Å²) in [6, 6.07) is 4.19. The lowest BCUT2D eigenvalue weighted by Gasteiger charge is -2.41. The van der Waals surface area contributed by atoms with Gasteiger partial charge in [0.05, 0.1) is 12.1 Å². The monoisotopic (exact) mass is 397 g/mol. The first-order chi connectivity index (χ1) is 14.0. The van der Waals surface area contributed by atoms with Crippen molar-refractivity contribution in [3.8, 4) is 6.07 Å². The zero-order valence-corrected chi connectivity index (χ0v) is 16.1. The van der Waals surface area contributed by atoms with Gasteiger partial charge in [0.25, 0.3) is 5.91 Å². The number of halogens is 1. The van der Waals surface area contributed by atoms with Crippen LogP contribution >= 0.6 is 0 Å². The van der Waals surface area contributed by atoms with E-state index in [1.54, 1.807) is 4.90 Å². The van der Waals surface area contributed by atoms with Crippen molar-refractivity contribution in [2.24, 2.45) is 17.6 Å². The average molecular weight is 397 g/mol. The van der Waals surface area contributed by atoms with Crippen LogP contribution in [0.2, 0.25) is 0 Å². The number of amides is 2. The van der Waals surface area contributed by atoms with E-state index in [1.807, 2.05) is 4.90 Å². The zero-order chi connectivity index (χ0) is 20.3. The van der Waals surface area contributed by atoms with Crippen molar-refractivity contribution < 1.29 is 14.0 Å². The van der Waals surface area contributed by atoms with E-state index in [-0.39, 0.29) is 41.9 Å². The van der Waals surface area contributed by atoms with Crippen molar-refractivity contribution in [3.05, 3.63) is 29.8 Å². The van der Waals surface area contributed by atoms with E-state index in [4.69, 9.17) is 5.73 Å². The lowest BCUT2D eigenvalue weighted by atomic mass is 9.84. The molecular weight excluding hydrogens is 373 g/mol. The third kappa shape index (κ3) is 2.99. The van der Waals surface area contributed by atoms with Crippen LogP contribution in [-0.2, 0) is 4.79 Å². The van der Waals surface area contributed by atoms with Crippen molar-refractivity contribution in [1.82, 2.24) is 14.8 Å². The van der Waals surface area contributed by atoms with E-state index in [2.05, 4.69) is 11.1 Å². The second-order valence-electron chi connectivity index (χ2n) is 8.91. The van der Waals surface area contributed by atoms with Crippen molar-refractivity contribution in [1.29, 1.82) is 5.26 Å². The van der Waals surface area contributed by atoms with Gasteiger partial charge in [-0.1, -0.05) is 0 Å². The van der Waals surface area contributed by atoms with Gasteiger partial charge < -0.3 is 15.5 Å². The van der Waals surface area contributed by atoms with Crippen LogP contribution in [0.4, 0.5) is 4.39 Å². The highest BCUT2D eigenvalue weighted by atomic mass is 19.1. The summed E-state index contributed by atoms with van der Waals surface area (Å²) in [7, 11) is 0. The Morgan fingerprint density at radius 2 is 1.93 bits per heavy atom. The van der Waals surface area contributed by atoms with Crippen LogP contribution in [0.3, 0.4) is 0 Å². The average Bonchev–Trinajstić information content (AvgIpc) is 3.31. The normalized spacial score (nSPS) is 35.8. The smallest absolute Gasteiger partial charge is 0.254 e. The molecule has 3 aliphatic heterocycles. The van der Waals surface area contributed by atoms with Gasteiger partial charge in [-0.15, -0.1) is 0 Å². The number of carbonyl (C=O) groups is 2. The Labute approximate surface area is 168 Å². The van der Waals surface area contributed by atoms with Gasteiger partial charge in [-0.3, -0.25) is 9.59 Å². The van der Waals surface area contributed by atoms with E-state index < -0.39 is 12.0 Å².